The molecule has 3 rings (SSSR count). The van der Waals surface area contributed by atoms with Crippen LogP contribution in [0.2, 0.25) is 0 Å². The largest absolute Gasteiger partial charge is 0.363 e. The molecule has 2 saturated carbocycles. The van der Waals surface area contributed by atoms with Gasteiger partial charge in [0.15, 0.2) is 0 Å². The van der Waals surface area contributed by atoms with Crippen molar-refractivity contribution in [1.82, 2.24) is 10.3 Å². The quantitative estimate of drug-likeness (QED) is 0.920. The summed E-state index contributed by atoms with van der Waals surface area (Å²) in [6.45, 7) is 0.445. The molecular weight excluding hydrogens is 278 g/mol. The summed E-state index contributed by atoms with van der Waals surface area (Å²) in [4.78, 5) is 30.7. The van der Waals surface area contributed by atoms with Crippen LogP contribution in [0.25, 0.3) is 0 Å². The van der Waals surface area contributed by atoms with E-state index in [0.29, 0.717) is 12.3 Å². The Morgan fingerprint density at radius 1 is 1.27 bits per heavy atom. The van der Waals surface area contributed by atoms with Crippen LogP contribution in [0.3, 0.4) is 0 Å². The van der Waals surface area contributed by atoms with E-state index in [0.717, 1.165) is 37.2 Å². The number of pyridine rings is 1. The van der Waals surface area contributed by atoms with Gasteiger partial charge < -0.3 is 10.2 Å². The summed E-state index contributed by atoms with van der Waals surface area (Å²) in [6.07, 6.45) is 3.40. The molecule has 1 N–H and O–H groups in total. The van der Waals surface area contributed by atoms with Crippen molar-refractivity contribution < 1.29 is 9.59 Å². The second-order valence-electron chi connectivity index (χ2n) is 6.64. The Morgan fingerprint density at radius 3 is 2.59 bits per heavy atom. The maximum Gasteiger partial charge on any atom is 0.223 e. The average molecular weight is 301 g/mol. The van der Waals surface area contributed by atoms with E-state index in [9.17, 15) is 9.59 Å². The molecule has 1 amide bonds. The molecule has 2 aliphatic rings. The molecule has 118 valence electrons. The van der Waals surface area contributed by atoms with Gasteiger partial charge in [0.2, 0.25) is 5.91 Å². The number of nitrogens with one attached hydrogen (secondary N) is 1. The van der Waals surface area contributed by atoms with Gasteiger partial charge in [-0.05, 0) is 37.8 Å². The van der Waals surface area contributed by atoms with Crippen LogP contribution < -0.4 is 10.2 Å². The molecule has 2 unspecified atom stereocenters. The molecule has 0 spiro atoms. The summed E-state index contributed by atoms with van der Waals surface area (Å²) < 4.78 is 0. The van der Waals surface area contributed by atoms with E-state index in [1.54, 1.807) is 0 Å². The minimum atomic E-state index is -0.00719. The topological polar surface area (TPSA) is 62.3 Å². The fourth-order valence-corrected chi connectivity index (χ4v) is 3.62. The lowest BCUT2D eigenvalue weighted by atomic mass is 9.79. The summed E-state index contributed by atoms with van der Waals surface area (Å²) in [5.41, 5.74) is 0.856. The number of nitrogens with zero attached hydrogens (tertiary/aromatic N) is 2. The Bertz CT molecular complexity index is 569. The number of carbonyl (C=O) groups is 2. The molecule has 1 aromatic rings. The average Bonchev–Trinajstić information content (AvgIpc) is 2.74. The zero-order valence-corrected chi connectivity index (χ0v) is 13.2. The maximum atomic E-state index is 12.4. The first-order chi connectivity index (χ1) is 10.5. The summed E-state index contributed by atoms with van der Waals surface area (Å²) in [5.74, 6) is 1.60. The lowest BCUT2D eigenvalue weighted by Crippen LogP contribution is -2.37. The van der Waals surface area contributed by atoms with E-state index >= 15 is 0 Å². The van der Waals surface area contributed by atoms with E-state index < -0.39 is 0 Å². The van der Waals surface area contributed by atoms with Crippen LogP contribution in [-0.2, 0) is 16.1 Å². The second-order valence-corrected chi connectivity index (χ2v) is 6.64. The van der Waals surface area contributed by atoms with E-state index in [1.807, 2.05) is 37.2 Å². The third kappa shape index (κ3) is 2.98. The van der Waals surface area contributed by atoms with Gasteiger partial charge in [-0.1, -0.05) is 6.07 Å². The molecule has 5 nitrogen and oxygen atoms in total. The molecule has 0 saturated heterocycles. The van der Waals surface area contributed by atoms with Gasteiger partial charge >= 0.3 is 0 Å². The standard InChI is InChI=1S/C17H23N3O2/c1-20(2)15-5-3-4-14(19-15)10-18-17(22)13-8-11-6-7-12(9-13)16(11)21/h3-5,11-13H,6-10H2,1-2H3,(H,18,22). The van der Waals surface area contributed by atoms with Crippen LogP contribution in [0.1, 0.15) is 31.4 Å². The molecule has 2 bridgehead atoms. The van der Waals surface area contributed by atoms with Crippen molar-refractivity contribution in [2.45, 2.75) is 32.2 Å². The highest BCUT2D eigenvalue weighted by atomic mass is 16.2. The van der Waals surface area contributed by atoms with Crippen molar-refractivity contribution in [3.63, 3.8) is 0 Å². The van der Waals surface area contributed by atoms with Gasteiger partial charge in [0, 0.05) is 31.8 Å². The highest BCUT2D eigenvalue weighted by Crippen LogP contribution is 2.42. The molecule has 0 aliphatic heterocycles. The number of rotatable bonds is 4. The molecule has 2 fully saturated rings. The Labute approximate surface area is 131 Å². The zero-order chi connectivity index (χ0) is 15.7. The lowest BCUT2D eigenvalue weighted by Gasteiger charge is -2.25. The third-order valence-corrected chi connectivity index (χ3v) is 4.87. The van der Waals surface area contributed by atoms with E-state index in [1.165, 1.54) is 0 Å². The summed E-state index contributed by atoms with van der Waals surface area (Å²) >= 11 is 0. The van der Waals surface area contributed by atoms with Crippen LogP contribution in [0, 0.1) is 17.8 Å². The highest BCUT2D eigenvalue weighted by Gasteiger charge is 2.43. The summed E-state index contributed by atoms with van der Waals surface area (Å²) in [5, 5.41) is 2.99. The monoisotopic (exact) mass is 301 g/mol. The van der Waals surface area contributed by atoms with Gasteiger partial charge in [-0.25, -0.2) is 4.98 Å². The number of anilines is 1. The summed E-state index contributed by atoms with van der Waals surface area (Å²) in [7, 11) is 3.89. The van der Waals surface area contributed by atoms with Crippen molar-refractivity contribution >= 4 is 17.5 Å². The van der Waals surface area contributed by atoms with Crippen molar-refractivity contribution in [2.75, 3.05) is 19.0 Å². The van der Waals surface area contributed by atoms with Crippen molar-refractivity contribution in [3.05, 3.63) is 23.9 Å². The van der Waals surface area contributed by atoms with Crippen LogP contribution >= 0.6 is 0 Å². The Balaban J connectivity index is 1.57. The normalized spacial score (nSPS) is 26.8. The van der Waals surface area contributed by atoms with E-state index in [-0.39, 0.29) is 23.7 Å². The number of carbonyl (C=O) groups excluding carboxylic acids is 2. The van der Waals surface area contributed by atoms with Gasteiger partial charge in [0.05, 0.1) is 12.2 Å². The van der Waals surface area contributed by atoms with Crippen LogP contribution in [-0.4, -0.2) is 30.8 Å². The molecule has 5 heteroatoms. The SMILES string of the molecule is CN(C)c1cccc(CNC(=O)C2CC3CCC(C2)C3=O)n1. The third-order valence-electron chi connectivity index (χ3n) is 4.87. The minimum absolute atomic E-state index is 0.00719. The first kappa shape index (κ1) is 15.0. The highest BCUT2D eigenvalue weighted by molar-refractivity contribution is 5.89. The Morgan fingerprint density at radius 2 is 1.95 bits per heavy atom. The molecule has 1 heterocycles. The van der Waals surface area contributed by atoms with Gasteiger partial charge in [-0.3, -0.25) is 9.59 Å². The Kier molecular flexibility index (Phi) is 4.14. The molecule has 2 atom stereocenters. The van der Waals surface area contributed by atoms with E-state index in [2.05, 4.69) is 10.3 Å². The molecule has 0 radical (unpaired) electrons. The van der Waals surface area contributed by atoms with Gasteiger partial charge in [-0.15, -0.1) is 0 Å². The summed E-state index contributed by atoms with van der Waals surface area (Å²) in [6, 6.07) is 5.81. The fourth-order valence-electron chi connectivity index (χ4n) is 3.62. The number of fused-ring (bicyclic) bond motifs is 2. The molecule has 0 aromatic carbocycles. The van der Waals surface area contributed by atoms with Crippen molar-refractivity contribution in [1.29, 1.82) is 0 Å². The van der Waals surface area contributed by atoms with Crippen LogP contribution in [0.15, 0.2) is 18.2 Å². The maximum absolute atomic E-state index is 12.4. The zero-order valence-electron chi connectivity index (χ0n) is 13.2. The number of hydrogen-bond acceptors (Lipinski definition) is 4. The number of aromatic nitrogens is 1. The number of Topliss-reactive ketones (excluding diaryl/α,β-unsaturated/α-hetero) is 1. The smallest absolute Gasteiger partial charge is 0.223 e. The molecule has 1 aromatic heterocycles. The predicted molar refractivity (Wildman–Crippen MR) is 84.4 cm³/mol. The number of ketones is 1. The lowest BCUT2D eigenvalue weighted by molar-refractivity contribution is -0.132. The minimum Gasteiger partial charge on any atom is -0.363 e. The molecular formula is C17H23N3O2. The molecule has 22 heavy (non-hydrogen) atoms. The van der Waals surface area contributed by atoms with Crippen molar-refractivity contribution in [2.24, 2.45) is 17.8 Å². The first-order valence-corrected chi connectivity index (χ1v) is 7.99. The van der Waals surface area contributed by atoms with Crippen LogP contribution in [0.5, 0.6) is 0 Å². The van der Waals surface area contributed by atoms with Crippen molar-refractivity contribution in [3.8, 4) is 0 Å². The van der Waals surface area contributed by atoms with E-state index in [4.69, 9.17) is 0 Å². The molecule has 2 aliphatic carbocycles. The second kappa shape index (κ2) is 6.07. The number of amides is 1. The predicted octanol–water partition coefficient (Wildman–Crippen LogP) is 1.77. The van der Waals surface area contributed by atoms with Gasteiger partial charge in [-0.2, -0.15) is 0 Å². The van der Waals surface area contributed by atoms with Gasteiger partial charge in [0.25, 0.3) is 0 Å². The van der Waals surface area contributed by atoms with Crippen LogP contribution in [0.4, 0.5) is 5.82 Å². The van der Waals surface area contributed by atoms with Gasteiger partial charge in [0.1, 0.15) is 11.6 Å². The first-order valence-electron chi connectivity index (χ1n) is 7.99. The Hall–Kier alpha value is -1.91. The number of hydrogen-bond donors (Lipinski definition) is 1. The fraction of sp³-hybridized carbons (Fsp3) is 0.588.